The van der Waals surface area contributed by atoms with Gasteiger partial charge in [-0.3, -0.25) is 0 Å². The van der Waals surface area contributed by atoms with Crippen LogP contribution >= 0.6 is 0 Å². The van der Waals surface area contributed by atoms with E-state index in [0.29, 0.717) is 0 Å². The topological polar surface area (TPSA) is 52.0 Å². The minimum absolute atomic E-state index is 0.219. The largest absolute Gasteiger partial charge is 0.429 e. The minimum atomic E-state index is 0.219. The number of nitrogen functional groups attached to an aromatic ring is 1. The Labute approximate surface area is 76.2 Å². The van der Waals surface area contributed by atoms with Crippen LogP contribution in [-0.2, 0) is 0 Å². The molecule has 2 rings (SSSR count). The average molecular weight is 174 g/mol. The SMILES string of the molecule is Cc1oc(N)nc1-c1ccccc1. The number of hydrogen-bond acceptors (Lipinski definition) is 3. The third-order valence-corrected chi connectivity index (χ3v) is 1.86. The molecule has 0 aliphatic carbocycles. The second-order valence-corrected chi connectivity index (χ2v) is 2.82. The molecule has 2 aromatic rings. The van der Waals surface area contributed by atoms with Gasteiger partial charge in [0.05, 0.1) is 0 Å². The molecule has 0 amide bonds. The van der Waals surface area contributed by atoms with Gasteiger partial charge in [0.1, 0.15) is 11.5 Å². The second-order valence-electron chi connectivity index (χ2n) is 2.82. The number of nitrogens with zero attached hydrogens (tertiary/aromatic N) is 1. The zero-order chi connectivity index (χ0) is 9.26. The lowest BCUT2D eigenvalue weighted by atomic mass is 10.1. The van der Waals surface area contributed by atoms with Crippen LogP contribution in [0.4, 0.5) is 6.01 Å². The number of aryl methyl sites for hydroxylation is 1. The van der Waals surface area contributed by atoms with Gasteiger partial charge in [-0.2, -0.15) is 4.98 Å². The number of nitrogens with two attached hydrogens (primary N) is 1. The third-order valence-electron chi connectivity index (χ3n) is 1.86. The molecule has 0 unspecified atom stereocenters. The summed E-state index contributed by atoms with van der Waals surface area (Å²) in [5.41, 5.74) is 7.28. The molecule has 0 fully saturated rings. The fourth-order valence-corrected chi connectivity index (χ4v) is 1.28. The van der Waals surface area contributed by atoms with E-state index >= 15 is 0 Å². The molecule has 1 heterocycles. The molecule has 0 atom stereocenters. The molecule has 0 spiro atoms. The predicted octanol–water partition coefficient (Wildman–Crippen LogP) is 2.23. The normalized spacial score (nSPS) is 10.2. The van der Waals surface area contributed by atoms with E-state index in [9.17, 15) is 0 Å². The van der Waals surface area contributed by atoms with E-state index in [1.165, 1.54) is 0 Å². The second kappa shape index (κ2) is 2.94. The number of rotatable bonds is 1. The van der Waals surface area contributed by atoms with Crippen molar-refractivity contribution in [3.8, 4) is 11.3 Å². The first-order chi connectivity index (χ1) is 6.27. The van der Waals surface area contributed by atoms with Gasteiger partial charge in [0.25, 0.3) is 6.01 Å². The highest BCUT2D eigenvalue weighted by molar-refractivity contribution is 5.61. The first-order valence-corrected chi connectivity index (χ1v) is 4.05. The molecule has 3 heteroatoms. The zero-order valence-corrected chi connectivity index (χ0v) is 7.32. The number of aromatic nitrogens is 1. The fourth-order valence-electron chi connectivity index (χ4n) is 1.28. The Balaban J connectivity index is 2.53. The highest BCUT2D eigenvalue weighted by Crippen LogP contribution is 2.23. The van der Waals surface area contributed by atoms with Crippen LogP contribution in [0.25, 0.3) is 11.3 Å². The Morgan fingerprint density at radius 2 is 1.92 bits per heavy atom. The summed E-state index contributed by atoms with van der Waals surface area (Å²) in [6.07, 6.45) is 0. The average Bonchev–Trinajstić information content (AvgIpc) is 2.47. The summed E-state index contributed by atoms with van der Waals surface area (Å²) in [7, 11) is 0. The van der Waals surface area contributed by atoms with Gasteiger partial charge in [0.15, 0.2) is 0 Å². The number of hydrogen-bond donors (Lipinski definition) is 1. The summed E-state index contributed by atoms with van der Waals surface area (Å²) in [6, 6.07) is 10.0. The van der Waals surface area contributed by atoms with Gasteiger partial charge < -0.3 is 10.2 Å². The Kier molecular flexibility index (Phi) is 1.77. The van der Waals surface area contributed by atoms with Gasteiger partial charge in [-0.05, 0) is 6.92 Å². The van der Waals surface area contributed by atoms with E-state index in [2.05, 4.69) is 4.98 Å². The van der Waals surface area contributed by atoms with Crippen molar-refractivity contribution in [2.75, 3.05) is 5.73 Å². The van der Waals surface area contributed by atoms with Crippen molar-refractivity contribution in [2.24, 2.45) is 0 Å². The first-order valence-electron chi connectivity index (χ1n) is 4.05. The van der Waals surface area contributed by atoms with Crippen molar-refractivity contribution >= 4 is 6.01 Å². The van der Waals surface area contributed by atoms with E-state index in [0.717, 1.165) is 17.0 Å². The molecule has 3 nitrogen and oxygen atoms in total. The molecule has 0 saturated carbocycles. The summed E-state index contributed by atoms with van der Waals surface area (Å²) >= 11 is 0. The van der Waals surface area contributed by atoms with Gasteiger partial charge in [-0.25, -0.2) is 0 Å². The quantitative estimate of drug-likeness (QED) is 0.721. The molecular weight excluding hydrogens is 164 g/mol. The zero-order valence-electron chi connectivity index (χ0n) is 7.32. The summed E-state index contributed by atoms with van der Waals surface area (Å²) < 4.78 is 5.14. The van der Waals surface area contributed by atoms with E-state index in [1.54, 1.807) is 0 Å². The molecular formula is C10H10N2O. The highest BCUT2D eigenvalue weighted by Gasteiger charge is 2.07. The molecule has 0 bridgehead atoms. The van der Waals surface area contributed by atoms with E-state index in [-0.39, 0.29) is 6.01 Å². The van der Waals surface area contributed by atoms with Crippen molar-refractivity contribution in [3.63, 3.8) is 0 Å². The lowest BCUT2D eigenvalue weighted by Crippen LogP contribution is -1.83. The van der Waals surface area contributed by atoms with Crippen LogP contribution in [0.5, 0.6) is 0 Å². The van der Waals surface area contributed by atoms with Crippen molar-refractivity contribution in [1.82, 2.24) is 4.98 Å². The van der Waals surface area contributed by atoms with Gasteiger partial charge in [-0.1, -0.05) is 30.3 Å². The number of oxazole rings is 1. The van der Waals surface area contributed by atoms with Gasteiger partial charge in [-0.15, -0.1) is 0 Å². The number of benzene rings is 1. The van der Waals surface area contributed by atoms with Crippen LogP contribution in [0.15, 0.2) is 34.7 Å². The summed E-state index contributed by atoms with van der Waals surface area (Å²) in [4.78, 5) is 4.09. The van der Waals surface area contributed by atoms with Crippen molar-refractivity contribution in [3.05, 3.63) is 36.1 Å². The van der Waals surface area contributed by atoms with Crippen LogP contribution in [0.2, 0.25) is 0 Å². The minimum Gasteiger partial charge on any atom is -0.429 e. The lowest BCUT2D eigenvalue weighted by Gasteiger charge is -1.94. The van der Waals surface area contributed by atoms with Gasteiger partial charge in [0, 0.05) is 5.56 Å². The summed E-state index contributed by atoms with van der Waals surface area (Å²) in [6.45, 7) is 1.85. The standard InChI is InChI=1S/C10H10N2O/c1-7-9(12-10(11)13-7)8-5-3-2-4-6-8/h2-6H,1H3,(H2,11,12). The molecule has 1 aromatic carbocycles. The van der Waals surface area contributed by atoms with Crippen molar-refractivity contribution in [1.29, 1.82) is 0 Å². The fraction of sp³-hybridized carbons (Fsp3) is 0.100. The van der Waals surface area contributed by atoms with Gasteiger partial charge in [0.2, 0.25) is 0 Å². The molecule has 2 N–H and O–H groups in total. The molecule has 0 aliphatic heterocycles. The number of anilines is 1. The first kappa shape index (κ1) is 7.86. The Morgan fingerprint density at radius 1 is 1.23 bits per heavy atom. The Bertz CT molecular complexity index is 406. The summed E-state index contributed by atoms with van der Waals surface area (Å²) in [5, 5.41) is 0. The predicted molar refractivity (Wildman–Crippen MR) is 51.1 cm³/mol. The van der Waals surface area contributed by atoms with E-state index in [1.807, 2.05) is 37.3 Å². The van der Waals surface area contributed by atoms with Crippen LogP contribution in [0.1, 0.15) is 5.76 Å². The molecule has 0 radical (unpaired) electrons. The Hall–Kier alpha value is -1.77. The van der Waals surface area contributed by atoms with Crippen molar-refractivity contribution in [2.45, 2.75) is 6.92 Å². The van der Waals surface area contributed by atoms with Crippen molar-refractivity contribution < 1.29 is 4.42 Å². The maximum absolute atomic E-state index is 5.44. The van der Waals surface area contributed by atoms with E-state index in [4.69, 9.17) is 10.2 Å². The smallest absolute Gasteiger partial charge is 0.292 e. The molecule has 0 aliphatic rings. The van der Waals surface area contributed by atoms with Crippen LogP contribution in [0.3, 0.4) is 0 Å². The third kappa shape index (κ3) is 1.40. The Morgan fingerprint density at radius 3 is 2.46 bits per heavy atom. The molecule has 1 aromatic heterocycles. The monoisotopic (exact) mass is 174 g/mol. The van der Waals surface area contributed by atoms with Crippen LogP contribution in [-0.4, -0.2) is 4.98 Å². The van der Waals surface area contributed by atoms with Gasteiger partial charge >= 0.3 is 0 Å². The summed E-state index contributed by atoms with van der Waals surface area (Å²) in [5.74, 6) is 0.753. The molecule has 66 valence electrons. The maximum Gasteiger partial charge on any atom is 0.292 e. The van der Waals surface area contributed by atoms with Crippen LogP contribution < -0.4 is 5.73 Å². The maximum atomic E-state index is 5.44. The molecule has 0 saturated heterocycles. The van der Waals surface area contributed by atoms with Crippen LogP contribution in [0, 0.1) is 6.92 Å². The highest BCUT2D eigenvalue weighted by atomic mass is 16.4. The van der Waals surface area contributed by atoms with E-state index < -0.39 is 0 Å². The molecule has 13 heavy (non-hydrogen) atoms. The lowest BCUT2D eigenvalue weighted by molar-refractivity contribution is 0.549.